The quantitative estimate of drug-likeness (QED) is 0.124. The first-order valence-electron chi connectivity index (χ1n) is 12.8. The molecule has 2 aromatic rings. The van der Waals surface area contributed by atoms with Crippen molar-refractivity contribution in [2.45, 2.75) is 32.8 Å². The van der Waals surface area contributed by atoms with E-state index in [0.717, 1.165) is 67.1 Å². The molecule has 6 nitrogen and oxygen atoms in total. The average Bonchev–Trinajstić information content (AvgIpc) is 3.26. The molecule has 194 valence electrons. The van der Waals surface area contributed by atoms with Crippen LogP contribution in [0.15, 0.2) is 78.1 Å². The fraction of sp³-hybridized carbons (Fsp3) is 0.433. The van der Waals surface area contributed by atoms with Crippen LogP contribution in [0, 0.1) is 11.8 Å². The van der Waals surface area contributed by atoms with E-state index < -0.39 is 0 Å². The SMILES string of the molecule is C=C(/C=C(\C(CCCC)=N/N)c1ccc(OCc2ccccc2)cc1)OC[C@H]1CN(C)C[C@@H]1COC. The number of likely N-dealkylation sites (tertiary alicyclic amines) is 1. The number of hydrogen-bond donors (Lipinski definition) is 1. The summed E-state index contributed by atoms with van der Waals surface area (Å²) in [4.78, 5) is 2.33. The molecule has 0 amide bonds. The maximum Gasteiger partial charge on any atom is 0.119 e. The average molecular weight is 492 g/mol. The first kappa shape index (κ1) is 27.5. The molecule has 2 atom stereocenters. The van der Waals surface area contributed by atoms with Gasteiger partial charge in [0.05, 0.1) is 18.9 Å². The Labute approximate surface area is 216 Å². The number of benzene rings is 2. The third kappa shape index (κ3) is 8.25. The maximum atomic E-state index is 6.14. The Morgan fingerprint density at radius 3 is 2.42 bits per heavy atom. The number of nitrogens with zero attached hydrogens (tertiary/aromatic N) is 2. The highest BCUT2D eigenvalue weighted by atomic mass is 16.5. The van der Waals surface area contributed by atoms with Crippen molar-refractivity contribution in [3.8, 4) is 5.75 Å². The molecule has 1 fully saturated rings. The van der Waals surface area contributed by atoms with E-state index in [9.17, 15) is 0 Å². The molecule has 2 N–H and O–H groups in total. The molecule has 0 radical (unpaired) electrons. The first-order valence-corrected chi connectivity index (χ1v) is 12.8. The smallest absolute Gasteiger partial charge is 0.119 e. The van der Waals surface area contributed by atoms with E-state index in [4.69, 9.17) is 20.1 Å². The minimum Gasteiger partial charge on any atom is -0.494 e. The van der Waals surface area contributed by atoms with Crippen molar-refractivity contribution in [1.29, 1.82) is 0 Å². The van der Waals surface area contributed by atoms with Gasteiger partial charge < -0.3 is 25.0 Å². The summed E-state index contributed by atoms with van der Waals surface area (Å²) >= 11 is 0. The predicted molar refractivity (Wildman–Crippen MR) is 148 cm³/mol. The Bertz CT molecular complexity index is 1000. The van der Waals surface area contributed by atoms with Gasteiger partial charge in [-0.2, -0.15) is 5.10 Å². The Kier molecular flexibility index (Phi) is 11.0. The molecular weight excluding hydrogens is 450 g/mol. The molecule has 1 saturated heterocycles. The first-order chi connectivity index (χ1) is 17.5. The van der Waals surface area contributed by atoms with Crippen LogP contribution in [-0.4, -0.2) is 51.1 Å². The second-order valence-corrected chi connectivity index (χ2v) is 9.51. The molecule has 0 saturated carbocycles. The standard InChI is InChI=1S/C30H41N3O3/c1-5-6-12-30(32-31)29(17-23(2)35-22-27-19-33(3)18-26(27)21-34-4)25-13-15-28(16-14-25)36-20-24-10-8-7-9-11-24/h7-11,13-17,26-27H,2,5-6,12,18-22,31H2,1,3-4H3/b29-17-,32-30-/t26-,27-/m1/s1. The molecule has 1 aliphatic heterocycles. The van der Waals surface area contributed by atoms with Gasteiger partial charge in [0.15, 0.2) is 0 Å². The molecule has 2 aromatic carbocycles. The molecule has 36 heavy (non-hydrogen) atoms. The molecule has 3 rings (SSSR count). The number of rotatable bonds is 14. The van der Waals surface area contributed by atoms with Crippen LogP contribution < -0.4 is 10.6 Å². The summed E-state index contributed by atoms with van der Waals surface area (Å²) in [5, 5.41) is 4.13. The normalized spacial score (nSPS) is 18.9. The van der Waals surface area contributed by atoms with E-state index in [1.165, 1.54) is 0 Å². The maximum absolute atomic E-state index is 6.14. The van der Waals surface area contributed by atoms with Gasteiger partial charge in [0, 0.05) is 37.6 Å². The lowest BCUT2D eigenvalue weighted by atomic mass is 9.96. The van der Waals surface area contributed by atoms with Crippen molar-refractivity contribution < 1.29 is 14.2 Å². The minimum absolute atomic E-state index is 0.410. The third-order valence-electron chi connectivity index (χ3n) is 6.58. The van der Waals surface area contributed by atoms with E-state index in [2.05, 4.69) is 42.7 Å². The summed E-state index contributed by atoms with van der Waals surface area (Å²) in [7, 11) is 3.90. The van der Waals surface area contributed by atoms with Gasteiger partial charge in [-0.15, -0.1) is 0 Å². The second kappa shape index (κ2) is 14.5. The van der Waals surface area contributed by atoms with Crippen molar-refractivity contribution >= 4 is 11.3 Å². The number of methoxy groups -OCH3 is 1. The third-order valence-corrected chi connectivity index (χ3v) is 6.58. The lowest BCUT2D eigenvalue weighted by Crippen LogP contribution is -2.22. The van der Waals surface area contributed by atoms with Crippen LogP contribution in [0.4, 0.5) is 0 Å². The molecule has 1 heterocycles. The molecule has 0 spiro atoms. The van der Waals surface area contributed by atoms with Gasteiger partial charge in [-0.1, -0.05) is 62.4 Å². The van der Waals surface area contributed by atoms with Gasteiger partial charge in [0.25, 0.3) is 0 Å². The van der Waals surface area contributed by atoms with E-state index in [0.29, 0.717) is 30.8 Å². The van der Waals surface area contributed by atoms with Gasteiger partial charge in [-0.3, -0.25) is 0 Å². The van der Waals surface area contributed by atoms with Crippen molar-refractivity contribution in [2.24, 2.45) is 22.8 Å². The molecule has 6 heteroatoms. The van der Waals surface area contributed by atoms with Crippen molar-refractivity contribution in [3.05, 3.63) is 84.1 Å². The zero-order valence-corrected chi connectivity index (χ0v) is 22.0. The minimum atomic E-state index is 0.410. The molecule has 1 aliphatic rings. The van der Waals surface area contributed by atoms with Crippen LogP contribution in [-0.2, 0) is 16.1 Å². The Morgan fingerprint density at radius 2 is 1.78 bits per heavy atom. The monoisotopic (exact) mass is 491 g/mol. The van der Waals surface area contributed by atoms with Crippen LogP contribution in [0.25, 0.3) is 5.57 Å². The summed E-state index contributed by atoms with van der Waals surface area (Å²) in [6.45, 7) is 10.2. The lowest BCUT2D eigenvalue weighted by Gasteiger charge is -2.19. The molecule has 0 bridgehead atoms. The zero-order chi connectivity index (χ0) is 25.8. The molecule has 0 unspecified atom stereocenters. The zero-order valence-electron chi connectivity index (χ0n) is 22.0. The van der Waals surface area contributed by atoms with E-state index in [1.54, 1.807) is 7.11 Å². The summed E-state index contributed by atoms with van der Waals surface area (Å²) < 4.78 is 17.5. The predicted octanol–water partition coefficient (Wildman–Crippen LogP) is 5.51. The van der Waals surface area contributed by atoms with Gasteiger partial charge in [-0.05, 0) is 49.2 Å². The van der Waals surface area contributed by atoms with E-state index in [1.807, 2.05) is 48.5 Å². The van der Waals surface area contributed by atoms with Gasteiger partial charge in [0.2, 0.25) is 0 Å². The summed E-state index contributed by atoms with van der Waals surface area (Å²) in [5.74, 6) is 8.14. The Hall–Kier alpha value is -3.09. The fourth-order valence-electron chi connectivity index (χ4n) is 4.60. The van der Waals surface area contributed by atoms with Crippen molar-refractivity contribution in [1.82, 2.24) is 4.90 Å². The van der Waals surface area contributed by atoms with E-state index >= 15 is 0 Å². The Balaban J connectivity index is 1.71. The second-order valence-electron chi connectivity index (χ2n) is 9.51. The van der Waals surface area contributed by atoms with Gasteiger partial charge >= 0.3 is 0 Å². The fourth-order valence-corrected chi connectivity index (χ4v) is 4.60. The largest absolute Gasteiger partial charge is 0.494 e. The van der Waals surface area contributed by atoms with Crippen LogP contribution in [0.5, 0.6) is 5.75 Å². The number of ether oxygens (including phenoxy) is 3. The number of hydrogen-bond acceptors (Lipinski definition) is 6. The highest BCUT2D eigenvalue weighted by Crippen LogP contribution is 2.26. The summed E-state index contributed by atoms with van der Waals surface area (Å²) in [6.07, 6.45) is 4.82. The summed E-state index contributed by atoms with van der Waals surface area (Å²) in [6, 6.07) is 18.2. The van der Waals surface area contributed by atoms with Crippen LogP contribution in [0.1, 0.15) is 37.3 Å². The van der Waals surface area contributed by atoms with Gasteiger partial charge in [0.1, 0.15) is 18.1 Å². The number of allylic oxidation sites excluding steroid dienone is 2. The van der Waals surface area contributed by atoms with Crippen LogP contribution >= 0.6 is 0 Å². The summed E-state index contributed by atoms with van der Waals surface area (Å²) in [5.41, 5.74) is 3.92. The van der Waals surface area contributed by atoms with E-state index in [-0.39, 0.29) is 0 Å². The Morgan fingerprint density at radius 1 is 1.08 bits per heavy atom. The van der Waals surface area contributed by atoms with Crippen LogP contribution in [0.2, 0.25) is 0 Å². The highest BCUT2D eigenvalue weighted by Gasteiger charge is 2.31. The molecular formula is C30H41N3O3. The number of unbranched alkanes of at least 4 members (excludes halogenated alkanes) is 1. The van der Waals surface area contributed by atoms with Crippen molar-refractivity contribution in [3.63, 3.8) is 0 Å². The van der Waals surface area contributed by atoms with Crippen molar-refractivity contribution in [2.75, 3.05) is 40.5 Å². The number of nitrogens with two attached hydrogens (primary N) is 1. The van der Waals surface area contributed by atoms with Gasteiger partial charge in [-0.25, -0.2) is 0 Å². The number of hydrazone groups is 1. The molecule has 0 aromatic heterocycles. The van der Waals surface area contributed by atoms with Crippen LogP contribution in [0.3, 0.4) is 0 Å². The molecule has 0 aliphatic carbocycles. The lowest BCUT2D eigenvalue weighted by molar-refractivity contribution is 0.102. The topological polar surface area (TPSA) is 69.3 Å². The highest BCUT2D eigenvalue weighted by molar-refractivity contribution is 6.24.